The van der Waals surface area contributed by atoms with Crippen LogP contribution in [0.25, 0.3) is 10.9 Å². The summed E-state index contributed by atoms with van der Waals surface area (Å²) >= 11 is 0. The van der Waals surface area contributed by atoms with Crippen LogP contribution < -0.4 is 11.1 Å². The summed E-state index contributed by atoms with van der Waals surface area (Å²) in [5.74, 6) is -0.278. The second-order valence-corrected chi connectivity index (χ2v) is 6.58. The molecule has 1 aromatic heterocycles. The van der Waals surface area contributed by atoms with Gasteiger partial charge in [-0.05, 0) is 30.0 Å². The third-order valence-electron chi connectivity index (χ3n) is 4.84. The summed E-state index contributed by atoms with van der Waals surface area (Å²) < 4.78 is 0. The minimum absolute atomic E-state index is 0.00706. The van der Waals surface area contributed by atoms with Crippen molar-refractivity contribution in [3.8, 4) is 0 Å². The molecule has 4 heteroatoms. The Morgan fingerprint density at radius 3 is 2.68 bits per heavy atom. The van der Waals surface area contributed by atoms with E-state index in [0.717, 1.165) is 12.0 Å². The number of hydrogen-bond acceptors (Lipinski definition) is 2. The van der Waals surface area contributed by atoms with E-state index < -0.39 is 0 Å². The number of para-hydroxylation sites is 1. The number of fused-ring (bicyclic) bond motifs is 1. The molecular formula is C21H25N3O. The Morgan fingerprint density at radius 2 is 1.92 bits per heavy atom. The maximum absolute atomic E-state index is 12.4. The maximum atomic E-state index is 12.4. The highest BCUT2D eigenvalue weighted by atomic mass is 16.1. The topological polar surface area (TPSA) is 70.9 Å². The first-order valence-electron chi connectivity index (χ1n) is 8.71. The quantitative estimate of drug-likeness (QED) is 0.645. The van der Waals surface area contributed by atoms with E-state index in [-0.39, 0.29) is 17.9 Å². The number of aromatic nitrogens is 1. The van der Waals surface area contributed by atoms with E-state index in [1.54, 1.807) is 0 Å². The SMILES string of the molecule is Cc1cccc2c(CCNC(=O)C(C)C(N)c3ccccc3)c[nH]c12. The van der Waals surface area contributed by atoms with Gasteiger partial charge < -0.3 is 16.0 Å². The molecule has 0 spiro atoms. The Hall–Kier alpha value is -2.59. The first kappa shape index (κ1) is 17.2. The van der Waals surface area contributed by atoms with Crippen LogP contribution >= 0.6 is 0 Å². The molecule has 3 aromatic rings. The molecule has 4 nitrogen and oxygen atoms in total. The summed E-state index contributed by atoms with van der Waals surface area (Å²) in [6, 6.07) is 15.7. The molecule has 2 atom stereocenters. The Labute approximate surface area is 148 Å². The minimum atomic E-state index is -0.295. The molecule has 0 aliphatic heterocycles. The standard InChI is InChI=1S/C21H25N3O/c1-14-7-6-10-18-17(13-24-20(14)18)11-12-23-21(25)15(2)19(22)16-8-4-3-5-9-16/h3-10,13,15,19,24H,11-12,22H2,1-2H3,(H,23,25). The summed E-state index contributed by atoms with van der Waals surface area (Å²) in [6.45, 7) is 4.57. The molecule has 4 N–H and O–H groups in total. The summed E-state index contributed by atoms with van der Waals surface area (Å²) in [5.41, 5.74) is 10.8. The van der Waals surface area contributed by atoms with Crippen LogP contribution in [0.3, 0.4) is 0 Å². The number of carbonyl (C=O) groups excluding carboxylic acids is 1. The molecule has 0 bridgehead atoms. The van der Waals surface area contributed by atoms with E-state index >= 15 is 0 Å². The molecule has 3 rings (SSSR count). The number of H-pyrrole nitrogens is 1. The number of nitrogens with two attached hydrogens (primary N) is 1. The monoisotopic (exact) mass is 335 g/mol. The summed E-state index contributed by atoms with van der Waals surface area (Å²) in [5, 5.41) is 4.24. The lowest BCUT2D eigenvalue weighted by Gasteiger charge is -2.19. The van der Waals surface area contributed by atoms with Crippen molar-refractivity contribution in [1.82, 2.24) is 10.3 Å². The van der Waals surface area contributed by atoms with Crippen LogP contribution in [0.4, 0.5) is 0 Å². The van der Waals surface area contributed by atoms with Crippen LogP contribution in [0.1, 0.15) is 29.7 Å². The van der Waals surface area contributed by atoms with Crippen molar-refractivity contribution in [3.63, 3.8) is 0 Å². The number of hydrogen-bond donors (Lipinski definition) is 3. The zero-order valence-electron chi connectivity index (χ0n) is 14.8. The number of carbonyl (C=O) groups is 1. The first-order chi connectivity index (χ1) is 12.1. The van der Waals surface area contributed by atoms with Crippen LogP contribution in [-0.2, 0) is 11.2 Å². The van der Waals surface area contributed by atoms with E-state index in [2.05, 4.69) is 35.4 Å². The molecule has 0 saturated heterocycles. The van der Waals surface area contributed by atoms with Crippen molar-refractivity contribution in [2.45, 2.75) is 26.3 Å². The molecular weight excluding hydrogens is 310 g/mol. The fraction of sp³-hybridized carbons (Fsp3) is 0.286. The van der Waals surface area contributed by atoms with Gasteiger partial charge in [0.15, 0.2) is 0 Å². The molecule has 0 fully saturated rings. The predicted octanol–water partition coefficient (Wildman–Crippen LogP) is 3.47. The number of aryl methyl sites for hydroxylation is 1. The maximum Gasteiger partial charge on any atom is 0.224 e. The van der Waals surface area contributed by atoms with E-state index in [0.29, 0.717) is 6.54 Å². The van der Waals surface area contributed by atoms with Gasteiger partial charge in [0, 0.05) is 29.7 Å². The molecule has 25 heavy (non-hydrogen) atoms. The van der Waals surface area contributed by atoms with Gasteiger partial charge in [0.05, 0.1) is 5.92 Å². The zero-order valence-corrected chi connectivity index (χ0v) is 14.8. The van der Waals surface area contributed by atoms with Crippen molar-refractivity contribution >= 4 is 16.8 Å². The first-order valence-corrected chi connectivity index (χ1v) is 8.71. The average molecular weight is 335 g/mol. The normalized spacial score (nSPS) is 13.6. The van der Waals surface area contributed by atoms with E-state index in [1.807, 2.05) is 43.5 Å². The fourth-order valence-electron chi connectivity index (χ4n) is 3.18. The van der Waals surface area contributed by atoms with Crippen LogP contribution in [0, 0.1) is 12.8 Å². The zero-order chi connectivity index (χ0) is 17.8. The lowest BCUT2D eigenvalue weighted by molar-refractivity contribution is -0.125. The van der Waals surface area contributed by atoms with E-state index in [4.69, 9.17) is 5.73 Å². The highest BCUT2D eigenvalue weighted by Crippen LogP contribution is 2.22. The summed E-state index contributed by atoms with van der Waals surface area (Å²) in [7, 11) is 0. The summed E-state index contributed by atoms with van der Waals surface area (Å²) in [6.07, 6.45) is 2.82. The molecule has 0 aliphatic rings. The second-order valence-electron chi connectivity index (χ2n) is 6.58. The lowest BCUT2D eigenvalue weighted by Crippen LogP contribution is -2.36. The fourth-order valence-corrected chi connectivity index (χ4v) is 3.18. The van der Waals surface area contributed by atoms with Gasteiger partial charge in [-0.25, -0.2) is 0 Å². The molecule has 2 unspecified atom stereocenters. The largest absolute Gasteiger partial charge is 0.361 e. The molecule has 0 aliphatic carbocycles. The van der Waals surface area contributed by atoms with Gasteiger partial charge in [0.2, 0.25) is 5.91 Å². The van der Waals surface area contributed by atoms with Crippen LogP contribution in [0.5, 0.6) is 0 Å². The Kier molecular flexibility index (Phi) is 5.19. The van der Waals surface area contributed by atoms with Gasteiger partial charge in [-0.2, -0.15) is 0 Å². The van der Waals surface area contributed by atoms with Crippen LogP contribution in [0.15, 0.2) is 54.7 Å². The molecule has 1 amide bonds. The van der Waals surface area contributed by atoms with Gasteiger partial charge >= 0.3 is 0 Å². The number of rotatable bonds is 6. The van der Waals surface area contributed by atoms with Gasteiger partial charge in [-0.1, -0.05) is 55.5 Å². The van der Waals surface area contributed by atoms with Crippen molar-refractivity contribution in [3.05, 3.63) is 71.4 Å². The Balaban J connectivity index is 1.58. The van der Waals surface area contributed by atoms with Crippen LogP contribution in [0.2, 0.25) is 0 Å². The van der Waals surface area contributed by atoms with Crippen molar-refractivity contribution in [2.75, 3.05) is 6.54 Å². The van der Waals surface area contributed by atoms with Gasteiger partial charge in [-0.3, -0.25) is 4.79 Å². The average Bonchev–Trinajstić information content (AvgIpc) is 3.05. The summed E-state index contributed by atoms with van der Waals surface area (Å²) in [4.78, 5) is 15.7. The minimum Gasteiger partial charge on any atom is -0.361 e. The molecule has 130 valence electrons. The molecule has 0 radical (unpaired) electrons. The van der Waals surface area contributed by atoms with Crippen molar-refractivity contribution in [2.24, 2.45) is 11.7 Å². The molecule has 0 saturated carbocycles. The van der Waals surface area contributed by atoms with Crippen molar-refractivity contribution in [1.29, 1.82) is 0 Å². The smallest absolute Gasteiger partial charge is 0.224 e. The van der Waals surface area contributed by atoms with Gasteiger partial charge in [0.25, 0.3) is 0 Å². The van der Waals surface area contributed by atoms with Crippen molar-refractivity contribution < 1.29 is 4.79 Å². The predicted molar refractivity (Wildman–Crippen MR) is 102 cm³/mol. The van der Waals surface area contributed by atoms with Gasteiger partial charge in [-0.15, -0.1) is 0 Å². The number of amides is 1. The Bertz CT molecular complexity index is 854. The number of benzene rings is 2. The number of aromatic amines is 1. The highest BCUT2D eigenvalue weighted by Gasteiger charge is 2.21. The van der Waals surface area contributed by atoms with E-state index in [9.17, 15) is 4.79 Å². The van der Waals surface area contributed by atoms with E-state index in [1.165, 1.54) is 22.0 Å². The Morgan fingerprint density at radius 1 is 1.16 bits per heavy atom. The lowest BCUT2D eigenvalue weighted by atomic mass is 9.94. The third-order valence-corrected chi connectivity index (χ3v) is 4.84. The van der Waals surface area contributed by atoms with Crippen LogP contribution in [-0.4, -0.2) is 17.4 Å². The van der Waals surface area contributed by atoms with Gasteiger partial charge in [0.1, 0.15) is 0 Å². The molecule has 2 aromatic carbocycles. The second kappa shape index (κ2) is 7.53. The third kappa shape index (κ3) is 3.74. The molecule has 1 heterocycles. The highest BCUT2D eigenvalue weighted by molar-refractivity contribution is 5.86. The number of nitrogens with one attached hydrogen (secondary N) is 2.